The minimum Gasteiger partial charge on any atom is -0.343 e. The predicted octanol–water partition coefficient (Wildman–Crippen LogP) is 7.00. The average molecular weight is 489 g/mol. The molecule has 0 unspecified atom stereocenters. The summed E-state index contributed by atoms with van der Waals surface area (Å²) in [4.78, 5) is 15.1. The normalized spacial score (nSPS) is 19.8. The van der Waals surface area contributed by atoms with Crippen LogP contribution in [0.5, 0.6) is 0 Å². The van der Waals surface area contributed by atoms with Crippen molar-refractivity contribution < 1.29 is 9.36 Å². The molecule has 0 aromatic heterocycles. The van der Waals surface area contributed by atoms with Crippen molar-refractivity contribution in [1.82, 2.24) is 9.99 Å². The van der Waals surface area contributed by atoms with E-state index in [0.29, 0.717) is 25.9 Å². The Morgan fingerprint density at radius 1 is 0.829 bits per heavy atom. The molecule has 3 aromatic rings. The molecule has 1 N–H and O–H groups in total. The van der Waals surface area contributed by atoms with Crippen molar-refractivity contribution in [3.8, 4) is 0 Å². The lowest BCUT2D eigenvalue weighted by molar-refractivity contribution is -0.131. The van der Waals surface area contributed by atoms with Crippen LogP contribution >= 0.6 is 7.29 Å². The molecule has 0 spiro atoms. The molecule has 5 heteroatoms. The van der Waals surface area contributed by atoms with Gasteiger partial charge in [-0.15, -0.1) is 0 Å². The largest absolute Gasteiger partial charge is 0.343 e. The van der Waals surface area contributed by atoms with Crippen molar-refractivity contribution in [2.24, 2.45) is 0 Å². The second-order valence-electron chi connectivity index (χ2n) is 9.43. The van der Waals surface area contributed by atoms with Crippen LogP contribution in [0, 0.1) is 0 Å². The summed E-state index contributed by atoms with van der Waals surface area (Å²) in [5, 5.41) is 3.68. The molecule has 1 aliphatic rings. The van der Waals surface area contributed by atoms with Gasteiger partial charge in [-0.3, -0.25) is 9.88 Å². The van der Waals surface area contributed by atoms with E-state index in [1.54, 1.807) is 0 Å². The lowest BCUT2D eigenvalue weighted by Gasteiger charge is -2.33. The molecule has 1 fully saturated rings. The van der Waals surface area contributed by atoms with Crippen molar-refractivity contribution >= 4 is 13.2 Å². The lowest BCUT2D eigenvalue weighted by atomic mass is 10.0. The minimum absolute atomic E-state index is 0.0595. The molecule has 0 saturated carbocycles. The Morgan fingerprint density at radius 3 is 1.74 bits per heavy atom. The predicted molar refractivity (Wildman–Crippen MR) is 145 cm³/mol. The van der Waals surface area contributed by atoms with Gasteiger partial charge in [0.15, 0.2) is 7.29 Å². The summed E-state index contributed by atoms with van der Waals surface area (Å²) in [5.74, 6) is 0.113. The molecule has 35 heavy (non-hydrogen) atoms. The Kier molecular flexibility index (Phi) is 8.59. The quantitative estimate of drug-likeness (QED) is 0.313. The molecule has 0 radical (unpaired) electrons. The summed E-state index contributed by atoms with van der Waals surface area (Å²) in [6, 6.07) is 30.5. The number of nitrogens with one attached hydrogen (secondary N) is 1. The van der Waals surface area contributed by atoms with Crippen LogP contribution in [-0.2, 0) is 15.8 Å². The van der Waals surface area contributed by atoms with E-state index < -0.39 is 7.29 Å². The van der Waals surface area contributed by atoms with E-state index in [1.165, 1.54) is 0 Å². The smallest absolute Gasteiger partial charge is 0.224 e. The summed E-state index contributed by atoms with van der Waals surface area (Å²) in [7, 11) is -2.95. The first-order chi connectivity index (χ1) is 17.0. The van der Waals surface area contributed by atoms with Gasteiger partial charge in [-0.2, -0.15) is 0 Å². The molecule has 4 rings (SSSR count). The van der Waals surface area contributed by atoms with Crippen molar-refractivity contribution in [2.45, 2.75) is 56.9 Å². The second kappa shape index (κ2) is 11.8. The van der Waals surface area contributed by atoms with E-state index in [2.05, 4.69) is 41.5 Å². The fourth-order valence-electron chi connectivity index (χ4n) is 5.49. The summed E-state index contributed by atoms with van der Waals surface area (Å²) in [6.45, 7) is 5.39. The van der Waals surface area contributed by atoms with Gasteiger partial charge in [-0.1, -0.05) is 91.0 Å². The van der Waals surface area contributed by atoms with Crippen LogP contribution in [0.4, 0.5) is 0 Å². The molecule has 3 aromatic carbocycles. The van der Waals surface area contributed by atoms with Gasteiger partial charge in [0.25, 0.3) is 0 Å². The molecule has 4 nitrogen and oxygen atoms in total. The molecule has 1 heterocycles. The third-order valence-electron chi connectivity index (χ3n) is 7.25. The fraction of sp³-hybridized carbons (Fsp3) is 0.367. The molecular formula is C30H37N2O2P. The third kappa shape index (κ3) is 5.94. The maximum Gasteiger partial charge on any atom is 0.224 e. The highest BCUT2D eigenvalue weighted by molar-refractivity contribution is 7.63. The van der Waals surface area contributed by atoms with Gasteiger partial charge in [0, 0.05) is 25.6 Å². The number of hydrogen-bond donors (Lipinski definition) is 1. The van der Waals surface area contributed by atoms with Crippen LogP contribution in [0.25, 0.3) is 0 Å². The van der Waals surface area contributed by atoms with E-state index in [9.17, 15) is 4.79 Å². The van der Waals surface area contributed by atoms with Crippen LogP contribution < -0.4 is 5.09 Å². The molecular weight excluding hydrogens is 451 g/mol. The number of benzene rings is 3. The highest BCUT2D eigenvalue weighted by Gasteiger charge is 2.48. The first kappa shape index (κ1) is 25.4. The molecule has 1 saturated heterocycles. The standard InChI is InChI=1S/C30H37N2O2P/c1-3-32(4-2)30(33)23-27(22-24-14-8-5-9-15-24)31-35(34)28(25-16-10-6-11-17-25)20-21-29(35)26-18-12-7-13-19-26/h5-19,27-29H,3-4,20-23H2,1-2H3,(H,31,34)/t27-,28-,29-/m0/s1. The zero-order valence-electron chi connectivity index (χ0n) is 20.8. The zero-order valence-corrected chi connectivity index (χ0v) is 21.7. The van der Waals surface area contributed by atoms with E-state index in [-0.39, 0.29) is 23.3 Å². The monoisotopic (exact) mass is 488 g/mol. The maximum absolute atomic E-state index is 15.1. The van der Waals surface area contributed by atoms with Crippen LogP contribution in [0.2, 0.25) is 0 Å². The number of hydrogen-bond acceptors (Lipinski definition) is 2. The van der Waals surface area contributed by atoms with E-state index in [4.69, 9.17) is 0 Å². The zero-order chi connectivity index (χ0) is 24.7. The van der Waals surface area contributed by atoms with Crippen molar-refractivity contribution in [3.63, 3.8) is 0 Å². The number of amides is 1. The Hall–Kier alpha value is -2.68. The van der Waals surface area contributed by atoms with E-state index >= 15 is 4.57 Å². The minimum atomic E-state index is -2.95. The van der Waals surface area contributed by atoms with Crippen molar-refractivity contribution in [3.05, 3.63) is 108 Å². The number of carbonyl (C=O) groups is 1. The van der Waals surface area contributed by atoms with Crippen molar-refractivity contribution in [2.75, 3.05) is 13.1 Å². The Balaban J connectivity index is 1.70. The van der Waals surface area contributed by atoms with E-state index in [0.717, 1.165) is 29.5 Å². The summed E-state index contributed by atoms with van der Waals surface area (Å²) in [6.07, 6.45) is 2.75. The van der Waals surface area contributed by atoms with E-state index in [1.807, 2.05) is 73.3 Å². The van der Waals surface area contributed by atoms with Gasteiger partial charge in [-0.05, 0) is 49.8 Å². The van der Waals surface area contributed by atoms with Gasteiger partial charge in [0.2, 0.25) is 5.91 Å². The van der Waals surface area contributed by atoms with Crippen molar-refractivity contribution in [1.29, 1.82) is 0 Å². The summed E-state index contributed by atoms with van der Waals surface area (Å²) in [5.41, 5.74) is 3.27. The van der Waals surface area contributed by atoms with Crippen LogP contribution in [-0.4, -0.2) is 29.9 Å². The highest BCUT2D eigenvalue weighted by atomic mass is 31.2. The molecule has 3 atom stereocenters. The topological polar surface area (TPSA) is 49.4 Å². The SMILES string of the molecule is CCN(CC)C(=O)C[C@H](Cc1ccccc1)NP1(=O)[C@H](c2ccccc2)CC[C@H]1c1ccccc1. The second-order valence-corrected chi connectivity index (χ2v) is 12.3. The summed E-state index contributed by atoms with van der Waals surface area (Å²) < 4.78 is 15.1. The summed E-state index contributed by atoms with van der Waals surface area (Å²) >= 11 is 0. The van der Waals surface area contributed by atoms with Crippen LogP contribution in [0.1, 0.15) is 61.1 Å². The number of rotatable bonds is 10. The molecule has 0 aliphatic carbocycles. The number of nitrogens with zero attached hydrogens (tertiary/aromatic N) is 1. The Morgan fingerprint density at radius 2 is 1.29 bits per heavy atom. The van der Waals surface area contributed by atoms with Crippen LogP contribution in [0.3, 0.4) is 0 Å². The fourth-order valence-corrected chi connectivity index (χ4v) is 9.33. The first-order valence-electron chi connectivity index (χ1n) is 12.8. The maximum atomic E-state index is 15.1. The van der Waals surface area contributed by atoms with Gasteiger partial charge in [0.05, 0.1) is 11.3 Å². The first-order valence-corrected chi connectivity index (χ1v) is 14.7. The average Bonchev–Trinajstić information content (AvgIpc) is 3.22. The lowest BCUT2D eigenvalue weighted by Crippen LogP contribution is -2.39. The van der Waals surface area contributed by atoms with Gasteiger partial charge >= 0.3 is 0 Å². The van der Waals surface area contributed by atoms with Gasteiger partial charge in [-0.25, -0.2) is 0 Å². The molecule has 184 valence electrons. The molecule has 1 amide bonds. The Labute approximate surface area is 210 Å². The van der Waals surface area contributed by atoms with Gasteiger partial charge < -0.3 is 9.46 Å². The third-order valence-corrected chi connectivity index (χ3v) is 11.0. The Bertz CT molecular complexity index is 1070. The van der Waals surface area contributed by atoms with Crippen LogP contribution in [0.15, 0.2) is 91.0 Å². The molecule has 0 bridgehead atoms. The number of carbonyl (C=O) groups excluding carboxylic acids is 1. The molecule has 1 aliphatic heterocycles. The highest BCUT2D eigenvalue weighted by Crippen LogP contribution is 2.74. The van der Waals surface area contributed by atoms with Gasteiger partial charge in [0.1, 0.15) is 0 Å².